The van der Waals surface area contributed by atoms with Gasteiger partial charge in [-0.1, -0.05) is 0 Å². The van der Waals surface area contributed by atoms with Gasteiger partial charge < -0.3 is 14.6 Å². The minimum atomic E-state index is -0.876. The first-order valence-corrected chi connectivity index (χ1v) is 6.92. The van der Waals surface area contributed by atoms with Gasteiger partial charge in [-0.05, 0) is 12.1 Å². The zero-order chi connectivity index (χ0) is 13.8. The maximum Gasteiger partial charge on any atom is 0.313 e. The summed E-state index contributed by atoms with van der Waals surface area (Å²) in [5.74, 6) is 0.469. The van der Waals surface area contributed by atoms with Crippen LogP contribution in [0.1, 0.15) is 10.4 Å². The second kappa shape index (κ2) is 5.97. The zero-order valence-electron chi connectivity index (χ0n) is 10.4. The van der Waals surface area contributed by atoms with Crippen LogP contribution in [0.5, 0.6) is 11.5 Å². The van der Waals surface area contributed by atoms with Crippen LogP contribution in [-0.2, 0) is 4.79 Å². The Balaban J connectivity index is 2.05. The van der Waals surface area contributed by atoms with E-state index in [-0.39, 0.29) is 24.1 Å². The second-order valence-electron chi connectivity index (χ2n) is 4.14. The van der Waals surface area contributed by atoms with E-state index < -0.39 is 5.97 Å². The van der Waals surface area contributed by atoms with Crippen molar-refractivity contribution in [3.05, 3.63) is 23.8 Å². The Hall–Kier alpha value is -1.69. The minimum Gasteiger partial charge on any atom is -0.497 e. The Kier molecular flexibility index (Phi) is 4.31. The number of carbonyl (C=O) groups excluding carboxylic acids is 1. The monoisotopic (exact) mass is 282 g/mol. The first-order valence-electron chi connectivity index (χ1n) is 5.76. The molecule has 0 saturated heterocycles. The van der Waals surface area contributed by atoms with Crippen molar-refractivity contribution in [1.82, 2.24) is 0 Å². The highest BCUT2D eigenvalue weighted by molar-refractivity contribution is 7.99. The fraction of sp³-hybridized carbons (Fsp3) is 0.385. The van der Waals surface area contributed by atoms with Crippen molar-refractivity contribution in [3.8, 4) is 11.5 Å². The maximum absolute atomic E-state index is 12.2. The van der Waals surface area contributed by atoms with Crippen LogP contribution >= 0.6 is 11.8 Å². The molecule has 0 amide bonds. The minimum absolute atomic E-state index is 0.000744. The molecule has 1 N–H and O–H groups in total. The lowest BCUT2D eigenvalue weighted by Crippen LogP contribution is -2.29. The molecule has 0 saturated carbocycles. The summed E-state index contributed by atoms with van der Waals surface area (Å²) in [7, 11) is 1.55. The predicted octanol–water partition coefficient (Wildman–Crippen LogP) is 1.70. The Bertz CT molecular complexity index is 500. The van der Waals surface area contributed by atoms with Crippen LogP contribution < -0.4 is 9.47 Å². The van der Waals surface area contributed by atoms with Crippen LogP contribution in [0, 0.1) is 5.92 Å². The third kappa shape index (κ3) is 3.20. The lowest BCUT2D eigenvalue weighted by atomic mass is 9.96. The number of fused-ring (bicyclic) bond motifs is 1. The number of hydrogen-bond acceptors (Lipinski definition) is 5. The first-order chi connectivity index (χ1) is 9.11. The highest BCUT2D eigenvalue weighted by atomic mass is 32.2. The molecule has 102 valence electrons. The molecule has 19 heavy (non-hydrogen) atoms. The molecule has 0 aliphatic carbocycles. The van der Waals surface area contributed by atoms with E-state index in [0.717, 1.165) is 0 Å². The molecule has 0 aromatic heterocycles. The van der Waals surface area contributed by atoms with Crippen molar-refractivity contribution >= 4 is 23.5 Å². The lowest BCUT2D eigenvalue weighted by Gasteiger charge is -2.24. The summed E-state index contributed by atoms with van der Waals surface area (Å²) in [6.07, 6.45) is 0. The predicted molar refractivity (Wildman–Crippen MR) is 71.3 cm³/mol. The number of benzene rings is 1. The number of ether oxygens (including phenoxy) is 2. The fourth-order valence-electron chi connectivity index (χ4n) is 1.85. The molecular weight excluding hydrogens is 268 g/mol. The zero-order valence-corrected chi connectivity index (χ0v) is 11.2. The molecule has 1 atom stereocenters. The van der Waals surface area contributed by atoms with Gasteiger partial charge in [0.05, 0.1) is 31.0 Å². The van der Waals surface area contributed by atoms with Gasteiger partial charge in [0.1, 0.15) is 11.5 Å². The Morgan fingerprint density at radius 3 is 3.05 bits per heavy atom. The summed E-state index contributed by atoms with van der Waals surface area (Å²) in [6, 6.07) is 5.09. The van der Waals surface area contributed by atoms with Crippen LogP contribution in [0.4, 0.5) is 0 Å². The van der Waals surface area contributed by atoms with Gasteiger partial charge in [0.15, 0.2) is 5.78 Å². The summed E-state index contributed by atoms with van der Waals surface area (Å²) in [5, 5.41) is 8.57. The third-order valence-corrected chi connectivity index (χ3v) is 3.90. The molecule has 1 aromatic rings. The topological polar surface area (TPSA) is 72.8 Å². The molecule has 0 bridgehead atoms. The first kappa shape index (κ1) is 13.7. The van der Waals surface area contributed by atoms with Crippen LogP contribution in [0.2, 0.25) is 0 Å². The number of carbonyl (C=O) groups is 2. The molecule has 6 heteroatoms. The highest BCUT2D eigenvalue weighted by Gasteiger charge is 2.29. The highest BCUT2D eigenvalue weighted by Crippen LogP contribution is 2.32. The quantitative estimate of drug-likeness (QED) is 0.886. The van der Waals surface area contributed by atoms with E-state index in [1.165, 1.54) is 11.8 Å². The van der Waals surface area contributed by atoms with Gasteiger partial charge >= 0.3 is 5.97 Å². The fourth-order valence-corrected chi connectivity index (χ4v) is 2.68. The summed E-state index contributed by atoms with van der Waals surface area (Å²) in [6.45, 7) is 0.283. The van der Waals surface area contributed by atoms with E-state index in [1.807, 2.05) is 0 Å². The number of rotatable bonds is 5. The van der Waals surface area contributed by atoms with E-state index in [0.29, 0.717) is 22.8 Å². The number of Topliss-reactive ketones (excluding diaryl/α,β-unsaturated/α-hetero) is 1. The Morgan fingerprint density at radius 1 is 1.58 bits per heavy atom. The summed E-state index contributed by atoms with van der Waals surface area (Å²) >= 11 is 1.23. The van der Waals surface area contributed by atoms with Gasteiger partial charge in [0.25, 0.3) is 0 Å². The van der Waals surface area contributed by atoms with Crippen LogP contribution in [0.3, 0.4) is 0 Å². The Labute approximate surface area is 114 Å². The number of carboxylic acids is 1. The second-order valence-corrected chi connectivity index (χ2v) is 5.17. The van der Waals surface area contributed by atoms with Gasteiger partial charge in [-0.3, -0.25) is 9.59 Å². The van der Waals surface area contributed by atoms with Crippen molar-refractivity contribution < 1.29 is 24.2 Å². The molecule has 0 spiro atoms. The normalized spacial score (nSPS) is 17.5. The average Bonchev–Trinajstić information content (AvgIpc) is 2.40. The number of hydrogen-bond donors (Lipinski definition) is 1. The van der Waals surface area contributed by atoms with E-state index in [2.05, 4.69) is 0 Å². The number of methoxy groups -OCH3 is 1. The van der Waals surface area contributed by atoms with Gasteiger partial charge in [-0.25, -0.2) is 0 Å². The van der Waals surface area contributed by atoms with Crippen molar-refractivity contribution in [2.75, 3.05) is 25.2 Å². The van der Waals surface area contributed by atoms with Crippen molar-refractivity contribution in [3.63, 3.8) is 0 Å². The van der Waals surface area contributed by atoms with Crippen LogP contribution in [-0.4, -0.2) is 42.1 Å². The molecule has 0 radical (unpaired) electrons. The number of ketones is 1. The summed E-state index contributed by atoms with van der Waals surface area (Å²) in [5.41, 5.74) is 0.535. The summed E-state index contributed by atoms with van der Waals surface area (Å²) < 4.78 is 10.6. The van der Waals surface area contributed by atoms with Gasteiger partial charge in [-0.15, -0.1) is 11.8 Å². The van der Waals surface area contributed by atoms with E-state index in [1.54, 1.807) is 25.3 Å². The standard InChI is InChI=1S/C13H14O5S/c1-17-9-2-3-10-11(4-9)18-5-8(13(10)16)6-19-7-12(14)15/h2-4,8H,5-7H2,1H3,(H,14,15). The maximum atomic E-state index is 12.2. The van der Waals surface area contributed by atoms with Crippen molar-refractivity contribution in [2.45, 2.75) is 0 Å². The lowest BCUT2D eigenvalue weighted by molar-refractivity contribution is -0.133. The molecule has 2 rings (SSSR count). The third-order valence-electron chi connectivity index (χ3n) is 2.81. The SMILES string of the molecule is COc1ccc2c(c1)OCC(CSCC(=O)O)C2=O. The molecule has 0 fully saturated rings. The molecule has 1 aliphatic heterocycles. The van der Waals surface area contributed by atoms with Crippen LogP contribution in [0.15, 0.2) is 18.2 Å². The largest absolute Gasteiger partial charge is 0.497 e. The van der Waals surface area contributed by atoms with Gasteiger partial charge in [-0.2, -0.15) is 0 Å². The van der Waals surface area contributed by atoms with Gasteiger partial charge in [0.2, 0.25) is 0 Å². The molecule has 1 heterocycles. The van der Waals surface area contributed by atoms with Crippen molar-refractivity contribution in [1.29, 1.82) is 0 Å². The van der Waals surface area contributed by atoms with Crippen molar-refractivity contribution in [2.24, 2.45) is 5.92 Å². The molecule has 1 aliphatic rings. The Morgan fingerprint density at radius 2 is 2.37 bits per heavy atom. The average molecular weight is 282 g/mol. The molecule has 1 unspecified atom stereocenters. The van der Waals surface area contributed by atoms with E-state index in [9.17, 15) is 9.59 Å². The molecule has 1 aromatic carbocycles. The van der Waals surface area contributed by atoms with E-state index >= 15 is 0 Å². The van der Waals surface area contributed by atoms with E-state index in [4.69, 9.17) is 14.6 Å². The number of aliphatic carboxylic acids is 1. The number of carboxylic acid groups (broad SMARTS) is 1. The number of thioether (sulfide) groups is 1. The molecular formula is C13H14O5S. The smallest absolute Gasteiger partial charge is 0.313 e. The summed E-state index contributed by atoms with van der Waals surface area (Å²) in [4.78, 5) is 22.7. The van der Waals surface area contributed by atoms with Crippen LogP contribution in [0.25, 0.3) is 0 Å². The van der Waals surface area contributed by atoms with Gasteiger partial charge in [0, 0.05) is 11.8 Å². The molecule has 5 nitrogen and oxygen atoms in total.